The largest absolute Gasteiger partial charge is 0.354 e. The van der Waals surface area contributed by atoms with Gasteiger partial charge in [0.05, 0.1) is 6.04 Å². The van der Waals surface area contributed by atoms with Crippen molar-refractivity contribution in [1.82, 2.24) is 20.9 Å². The number of nitrogens with zero attached hydrogens (tertiary/aromatic N) is 1. The van der Waals surface area contributed by atoms with E-state index >= 15 is 0 Å². The van der Waals surface area contributed by atoms with Gasteiger partial charge in [-0.3, -0.25) is 14.5 Å². The molecule has 0 spiro atoms. The number of piperidine rings is 1. The van der Waals surface area contributed by atoms with Gasteiger partial charge in [0.1, 0.15) is 6.04 Å². The Morgan fingerprint density at radius 1 is 1.11 bits per heavy atom. The normalized spacial score (nSPS) is 26.6. The van der Waals surface area contributed by atoms with Crippen LogP contribution in [-0.4, -0.2) is 55.0 Å². The highest BCUT2D eigenvalue weighted by molar-refractivity contribution is 5.84. The van der Waals surface area contributed by atoms with Crippen LogP contribution in [0.3, 0.4) is 0 Å². The standard InChI is InChI=1S/C22H32N4O2/c27-21(19-9-4-12-23-19)24-14-16-6-5-13-26(15-16)20(17-7-2-1-3-8-17)22(28)25-18-10-11-18/h1-3,7-8,16,18-20,23H,4-6,9-15H2,(H,24,27)(H,25,28). The van der Waals surface area contributed by atoms with Crippen molar-refractivity contribution in [3.63, 3.8) is 0 Å². The van der Waals surface area contributed by atoms with Crippen molar-refractivity contribution >= 4 is 11.8 Å². The highest BCUT2D eigenvalue weighted by atomic mass is 16.2. The fraction of sp³-hybridized carbons (Fsp3) is 0.636. The Morgan fingerprint density at radius 2 is 1.93 bits per heavy atom. The van der Waals surface area contributed by atoms with Gasteiger partial charge in [0.25, 0.3) is 0 Å². The predicted molar refractivity (Wildman–Crippen MR) is 109 cm³/mol. The average Bonchev–Trinajstić information content (AvgIpc) is 3.35. The monoisotopic (exact) mass is 384 g/mol. The Labute approximate surface area is 167 Å². The number of amides is 2. The van der Waals surface area contributed by atoms with Crippen molar-refractivity contribution in [3.8, 4) is 0 Å². The maximum absolute atomic E-state index is 13.0. The number of carbonyl (C=O) groups is 2. The minimum atomic E-state index is -0.239. The molecule has 1 saturated carbocycles. The van der Waals surface area contributed by atoms with Gasteiger partial charge in [-0.1, -0.05) is 30.3 Å². The van der Waals surface area contributed by atoms with E-state index in [0.29, 0.717) is 18.5 Å². The van der Waals surface area contributed by atoms with Crippen molar-refractivity contribution in [3.05, 3.63) is 35.9 Å². The van der Waals surface area contributed by atoms with Crippen LogP contribution < -0.4 is 16.0 Å². The molecular formula is C22H32N4O2. The molecule has 28 heavy (non-hydrogen) atoms. The zero-order valence-corrected chi connectivity index (χ0v) is 16.5. The molecule has 0 radical (unpaired) electrons. The Kier molecular flexibility index (Phi) is 6.27. The molecule has 4 rings (SSSR count). The summed E-state index contributed by atoms with van der Waals surface area (Å²) in [5, 5.41) is 9.59. The second-order valence-electron chi connectivity index (χ2n) is 8.49. The molecule has 6 nitrogen and oxygen atoms in total. The lowest BCUT2D eigenvalue weighted by molar-refractivity contribution is -0.128. The number of hydrogen-bond donors (Lipinski definition) is 3. The first kappa shape index (κ1) is 19.4. The van der Waals surface area contributed by atoms with Gasteiger partial charge < -0.3 is 16.0 Å². The third-order valence-electron chi connectivity index (χ3n) is 6.14. The van der Waals surface area contributed by atoms with Crippen LogP contribution in [0.2, 0.25) is 0 Å². The Morgan fingerprint density at radius 3 is 2.64 bits per heavy atom. The predicted octanol–water partition coefficient (Wildman–Crippen LogP) is 1.59. The molecule has 2 aliphatic heterocycles. The molecule has 0 aromatic heterocycles. The minimum absolute atomic E-state index is 0.0268. The number of carbonyl (C=O) groups excluding carboxylic acids is 2. The Balaban J connectivity index is 1.38. The van der Waals surface area contributed by atoms with Crippen molar-refractivity contribution in [2.24, 2.45) is 5.92 Å². The van der Waals surface area contributed by atoms with E-state index in [1.807, 2.05) is 30.3 Å². The highest BCUT2D eigenvalue weighted by Crippen LogP contribution is 2.29. The van der Waals surface area contributed by atoms with Crippen LogP contribution in [0.1, 0.15) is 50.1 Å². The van der Waals surface area contributed by atoms with Crippen LogP contribution in [0, 0.1) is 5.92 Å². The number of nitrogens with one attached hydrogen (secondary N) is 3. The van der Waals surface area contributed by atoms with E-state index in [1.54, 1.807) is 0 Å². The van der Waals surface area contributed by atoms with E-state index in [0.717, 1.165) is 63.7 Å². The van der Waals surface area contributed by atoms with Crippen molar-refractivity contribution in [2.45, 2.75) is 56.7 Å². The van der Waals surface area contributed by atoms with Crippen molar-refractivity contribution < 1.29 is 9.59 Å². The van der Waals surface area contributed by atoms with Crippen LogP contribution in [-0.2, 0) is 9.59 Å². The van der Waals surface area contributed by atoms with Crippen molar-refractivity contribution in [1.29, 1.82) is 0 Å². The number of likely N-dealkylation sites (tertiary alicyclic amines) is 1. The lowest BCUT2D eigenvalue weighted by Crippen LogP contribution is -2.48. The lowest BCUT2D eigenvalue weighted by Gasteiger charge is -2.38. The van der Waals surface area contributed by atoms with Crippen LogP contribution in [0.25, 0.3) is 0 Å². The lowest BCUT2D eigenvalue weighted by atomic mass is 9.94. The van der Waals surface area contributed by atoms with E-state index in [2.05, 4.69) is 20.9 Å². The summed E-state index contributed by atoms with van der Waals surface area (Å²) < 4.78 is 0. The zero-order valence-electron chi connectivity index (χ0n) is 16.5. The van der Waals surface area contributed by atoms with Crippen LogP contribution in [0.15, 0.2) is 30.3 Å². The molecule has 3 fully saturated rings. The van der Waals surface area contributed by atoms with Gasteiger partial charge in [0.15, 0.2) is 0 Å². The zero-order chi connectivity index (χ0) is 19.3. The molecule has 6 heteroatoms. The highest BCUT2D eigenvalue weighted by Gasteiger charge is 2.34. The topological polar surface area (TPSA) is 73.5 Å². The van der Waals surface area contributed by atoms with Crippen LogP contribution in [0.5, 0.6) is 0 Å². The van der Waals surface area contributed by atoms with E-state index in [-0.39, 0.29) is 23.9 Å². The molecule has 152 valence electrons. The van der Waals surface area contributed by atoms with Gasteiger partial charge in [-0.2, -0.15) is 0 Å². The van der Waals surface area contributed by atoms with Gasteiger partial charge >= 0.3 is 0 Å². The van der Waals surface area contributed by atoms with E-state index in [1.165, 1.54) is 0 Å². The summed E-state index contributed by atoms with van der Waals surface area (Å²) in [7, 11) is 0. The third kappa shape index (κ3) is 4.92. The molecule has 2 saturated heterocycles. The number of rotatable bonds is 7. The summed E-state index contributed by atoms with van der Waals surface area (Å²) >= 11 is 0. The molecule has 2 heterocycles. The smallest absolute Gasteiger partial charge is 0.242 e. The maximum atomic E-state index is 13.0. The second-order valence-corrected chi connectivity index (χ2v) is 8.49. The van der Waals surface area contributed by atoms with Gasteiger partial charge in [-0.25, -0.2) is 0 Å². The third-order valence-corrected chi connectivity index (χ3v) is 6.14. The summed E-state index contributed by atoms with van der Waals surface area (Å²) in [6, 6.07) is 10.2. The summed E-state index contributed by atoms with van der Waals surface area (Å²) in [5.41, 5.74) is 1.06. The molecule has 2 amide bonds. The fourth-order valence-corrected chi connectivity index (χ4v) is 4.45. The maximum Gasteiger partial charge on any atom is 0.242 e. The molecule has 3 atom stereocenters. The molecule has 0 bridgehead atoms. The van der Waals surface area contributed by atoms with Crippen LogP contribution in [0.4, 0.5) is 0 Å². The Hall–Kier alpha value is -1.92. The van der Waals surface area contributed by atoms with Gasteiger partial charge in [-0.05, 0) is 63.1 Å². The summed E-state index contributed by atoms with van der Waals surface area (Å²) in [6.45, 7) is 3.39. The molecule has 1 aliphatic carbocycles. The molecule has 1 aromatic rings. The summed E-state index contributed by atoms with van der Waals surface area (Å²) in [4.78, 5) is 27.6. The quantitative estimate of drug-likeness (QED) is 0.667. The number of benzene rings is 1. The first-order chi connectivity index (χ1) is 13.7. The fourth-order valence-electron chi connectivity index (χ4n) is 4.45. The molecule has 3 aliphatic rings. The summed E-state index contributed by atoms with van der Waals surface area (Å²) in [6.07, 6.45) is 6.35. The van der Waals surface area contributed by atoms with Crippen molar-refractivity contribution in [2.75, 3.05) is 26.2 Å². The molecule has 3 N–H and O–H groups in total. The molecular weight excluding hydrogens is 352 g/mol. The SMILES string of the molecule is O=C(NCC1CCCN(C(C(=O)NC2CC2)c2ccccc2)C1)C1CCCN1. The summed E-state index contributed by atoms with van der Waals surface area (Å²) in [5.74, 6) is 0.633. The van der Waals surface area contributed by atoms with Gasteiger partial charge in [-0.15, -0.1) is 0 Å². The van der Waals surface area contributed by atoms with Crippen LogP contribution >= 0.6 is 0 Å². The molecule has 3 unspecified atom stereocenters. The van der Waals surface area contributed by atoms with E-state index in [9.17, 15) is 9.59 Å². The second kappa shape index (κ2) is 9.05. The Bertz CT molecular complexity index is 670. The molecule has 1 aromatic carbocycles. The first-order valence-electron chi connectivity index (χ1n) is 10.8. The number of hydrogen-bond acceptors (Lipinski definition) is 4. The average molecular weight is 385 g/mol. The van der Waals surface area contributed by atoms with Gasteiger partial charge in [0, 0.05) is 19.1 Å². The first-order valence-corrected chi connectivity index (χ1v) is 10.8. The van der Waals surface area contributed by atoms with Gasteiger partial charge in [0.2, 0.25) is 11.8 Å². The van der Waals surface area contributed by atoms with E-state index < -0.39 is 0 Å². The minimum Gasteiger partial charge on any atom is -0.354 e. The van der Waals surface area contributed by atoms with E-state index in [4.69, 9.17) is 0 Å².